The molecule has 2 aromatic carbocycles. The Bertz CT molecular complexity index is 1080. The summed E-state index contributed by atoms with van der Waals surface area (Å²) in [6, 6.07) is 16.0. The number of thiazole rings is 1. The molecule has 6 nitrogen and oxygen atoms in total. The van der Waals surface area contributed by atoms with Crippen LogP contribution in [0.25, 0.3) is 10.6 Å². The molecule has 1 amide bonds. The van der Waals surface area contributed by atoms with Gasteiger partial charge in [-0.05, 0) is 31.2 Å². The van der Waals surface area contributed by atoms with Gasteiger partial charge in [0, 0.05) is 27.6 Å². The quantitative estimate of drug-likeness (QED) is 0.423. The molecule has 0 aliphatic carbocycles. The minimum absolute atomic E-state index is 0.119. The average molecular weight is 437 g/mol. The van der Waals surface area contributed by atoms with Crippen molar-refractivity contribution < 1.29 is 19.1 Å². The van der Waals surface area contributed by atoms with Gasteiger partial charge in [0.05, 0.1) is 0 Å². The van der Waals surface area contributed by atoms with Crippen molar-refractivity contribution in [2.75, 3.05) is 5.32 Å². The minimum Gasteiger partial charge on any atom is -0.450 e. The number of nitrogens with one attached hydrogen (secondary N) is 1. The molecule has 3 rings (SSSR count). The van der Waals surface area contributed by atoms with Gasteiger partial charge in [0.25, 0.3) is 0 Å². The number of benzene rings is 2. The molecule has 1 unspecified atom stereocenters. The predicted molar refractivity (Wildman–Crippen MR) is 121 cm³/mol. The maximum atomic E-state index is 12.6. The second kappa shape index (κ2) is 9.22. The van der Waals surface area contributed by atoms with Crippen molar-refractivity contribution in [2.45, 2.75) is 33.8 Å². The zero-order valence-electron chi connectivity index (χ0n) is 17.8. The second-order valence-electron chi connectivity index (χ2n) is 8.10. The van der Waals surface area contributed by atoms with Gasteiger partial charge in [-0.15, -0.1) is 11.3 Å². The normalized spacial score (nSPS) is 12.1. The minimum atomic E-state index is -0.968. The van der Waals surface area contributed by atoms with Crippen LogP contribution in [0.5, 0.6) is 0 Å². The first-order valence-electron chi connectivity index (χ1n) is 9.83. The number of hydrogen-bond donors (Lipinski definition) is 1. The molecule has 0 spiro atoms. The lowest BCUT2D eigenvalue weighted by atomic mass is 9.95. The molecule has 0 saturated heterocycles. The Kier molecular flexibility index (Phi) is 6.65. The molecule has 160 valence electrons. The number of ether oxygens (including phenoxy) is 1. The number of rotatable bonds is 6. The van der Waals surface area contributed by atoms with Crippen LogP contribution >= 0.6 is 11.3 Å². The first-order valence-corrected chi connectivity index (χ1v) is 10.7. The molecule has 0 aliphatic rings. The molecule has 0 saturated carbocycles. The van der Waals surface area contributed by atoms with Crippen molar-refractivity contribution in [3.63, 3.8) is 0 Å². The number of aromatic nitrogens is 1. The van der Waals surface area contributed by atoms with Crippen molar-refractivity contribution in [2.24, 2.45) is 5.41 Å². The van der Waals surface area contributed by atoms with Crippen LogP contribution in [0.4, 0.5) is 5.69 Å². The molecule has 1 atom stereocenters. The molecule has 0 bridgehead atoms. The molecule has 1 aromatic heterocycles. The van der Waals surface area contributed by atoms with E-state index in [4.69, 9.17) is 4.74 Å². The van der Waals surface area contributed by atoms with E-state index < -0.39 is 17.5 Å². The van der Waals surface area contributed by atoms with Crippen LogP contribution in [-0.4, -0.2) is 28.7 Å². The number of amides is 1. The van der Waals surface area contributed by atoms with Crippen molar-refractivity contribution in [1.29, 1.82) is 0 Å². The van der Waals surface area contributed by atoms with Crippen molar-refractivity contribution in [3.8, 4) is 10.6 Å². The molecular weight excluding hydrogens is 412 g/mol. The second-order valence-corrected chi connectivity index (χ2v) is 8.96. The van der Waals surface area contributed by atoms with Crippen LogP contribution in [0.15, 0.2) is 60.0 Å². The lowest BCUT2D eigenvalue weighted by Crippen LogP contribution is -2.27. The van der Waals surface area contributed by atoms with E-state index in [-0.39, 0.29) is 17.4 Å². The maximum Gasteiger partial charge on any atom is 0.358 e. The number of nitrogens with zero attached hydrogens (tertiary/aromatic N) is 1. The summed E-state index contributed by atoms with van der Waals surface area (Å²) in [4.78, 5) is 41.5. The van der Waals surface area contributed by atoms with E-state index in [9.17, 15) is 14.4 Å². The van der Waals surface area contributed by atoms with Gasteiger partial charge in [0.15, 0.2) is 11.8 Å². The van der Waals surface area contributed by atoms with Gasteiger partial charge in [-0.2, -0.15) is 0 Å². The number of Topliss-reactive ketones (excluding diaryl/α,β-unsaturated/α-hetero) is 1. The van der Waals surface area contributed by atoms with Crippen molar-refractivity contribution in [3.05, 3.63) is 71.2 Å². The molecule has 1 N–H and O–H groups in total. The first kappa shape index (κ1) is 22.4. The summed E-state index contributed by atoms with van der Waals surface area (Å²) in [5.41, 5.74) is 1.54. The fraction of sp³-hybridized carbons (Fsp3) is 0.250. The van der Waals surface area contributed by atoms with Crippen LogP contribution in [0.3, 0.4) is 0 Å². The maximum absolute atomic E-state index is 12.6. The monoisotopic (exact) mass is 436 g/mol. The van der Waals surface area contributed by atoms with E-state index in [1.807, 2.05) is 51.1 Å². The van der Waals surface area contributed by atoms with Gasteiger partial charge >= 0.3 is 5.97 Å². The van der Waals surface area contributed by atoms with E-state index in [1.54, 1.807) is 29.6 Å². The Morgan fingerprint density at radius 2 is 1.65 bits per heavy atom. The molecule has 3 aromatic rings. The molecule has 1 heterocycles. The Morgan fingerprint density at radius 1 is 1.00 bits per heavy atom. The molecule has 0 aliphatic heterocycles. The summed E-state index contributed by atoms with van der Waals surface area (Å²) in [5.74, 6) is -1.10. The third-order valence-corrected chi connectivity index (χ3v) is 5.39. The smallest absolute Gasteiger partial charge is 0.358 e. The van der Waals surface area contributed by atoms with E-state index in [1.165, 1.54) is 18.3 Å². The largest absolute Gasteiger partial charge is 0.450 e. The zero-order chi connectivity index (χ0) is 22.6. The number of ketones is 1. The SMILES string of the molecule is CC(OC(=O)c1csc(-c2ccccc2)n1)C(=O)c1ccc(NC(=O)C(C)(C)C)cc1. The van der Waals surface area contributed by atoms with Gasteiger partial charge in [0.1, 0.15) is 5.01 Å². The van der Waals surface area contributed by atoms with Crippen LogP contribution in [0.1, 0.15) is 48.5 Å². The summed E-state index contributed by atoms with van der Waals surface area (Å²) >= 11 is 1.34. The van der Waals surface area contributed by atoms with Gasteiger partial charge in [-0.1, -0.05) is 51.1 Å². The lowest BCUT2D eigenvalue weighted by Gasteiger charge is -2.18. The lowest BCUT2D eigenvalue weighted by molar-refractivity contribution is -0.123. The first-order chi connectivity index (χ1) is 14.6. The van der Waals surface area contributed by atoms with Crippen molar-refractivity contribution in [1.82, 2.24) is 4.98 Å². The summed E-state index contributed by atoms with van der Waals surface area (Å²) in [5, 5.41) is 5.13. The third kappa shape index (κ3) is 5.64. The fourth-order valence-electron chi connectivity index (χ4n) is 2.63. The number of carbonyl (C=O) groups is 3. The topological polar surface area (TPSA) is 85.4 Å². The molecular formula is C24H24N2O4S. The van der Waals surface area contributed by atoms with E-state index in [0.717, 1.165) is 5.56 Å². The number of carbonyl (C=O) groups excluding carboxylic acids is 3. The van der Waals surface area contributed by atoms with Crippen LogP contribution in [0, 0.1) is 5.41 Å². The Hall–Kier alpha value is -3.32. The number of anilines is 1. The molecule has 7 heteroatoms. The van der Waals surface area contributed by atoms with Crippen LogP contribution in [-0.2, 0) is 9.53 Å². The highest BCUT2D eigenvalue weighted by molar-refractivity contribution is 7.13. The van der Waals surface area contributed by atoms with Crippen LogP contribution < -0.4 is 5.32 Å². The summed E-state index contributed by atoms with van der Waals surface area (Å²) in [7, 11) is 0. The van der Waals surface area contributed by atoms with Gasteiger partial charge < -0.3 is 10.1 Å². The number of esters is 1. The molecule has 31 heavy (non-hydrogen) atoms. The third-order valence-electron chi connectivity index (χ3n) is 4.50. The summed E-state index contributed by atoms with van der Waals surface area (Å²) < 4.78 is 5.33. The van der Waals surface area contributed by atoms with E-state index >= 15 is 0 Å². The van der Waals surface area contributed by atoms with E-state index in [2.05, 4.69) is 10.3 Å². The number of hydrogen-bond acceptors (Lipinski definition) is 6. The Balaban J connectivity index is 1.62. The van der Waals surface area contributed by atoms with Gasteiger partial charge in [-0.3, -0.25) is 9.59 Å². The summed E-state index contributed by atoms with van der Waals surface area (Å²) in [6.45, 7) is 6.99. The van der Waals surface area contributed by atoms with Gasteiger partial charge in [-0.25, -0.2) is 9.78 Å². The van der Waals surface area contributed by atoms with Crippen molar-refractivity contribution >= 4 is 34.7 Å². The highest BCUT2D eigenvalue weighted by Gasteiger charge is 2.23. The zero-order valence-corrected chi connectivity index (χ0v) is 18.7. The Labute approximate surface area is 185 Å². The molecule has 0 fully saturated rings. The van der Waals surface area contributed by atoms with Gasteiger partial charge in [0.2, 0.25) is 11.7 Å². The highest BCUT2D eigenvalue weighted by atomic mass is 32.1. The Morgan fingerprint density at radius 3 is 2.26 bits per heavy atom. The predicted octanol–water partition coefficient (Wildman–Crippen LogP) is 5.22. The molecule has 0 radical (unpaired) electrons. The standard InChI is InChI=1S/C24H24N2O4S/c1-15(20(27)16-10-12-18(13-11-16)25-23(29)24(2,3)4)30-22(28)19-14-31-21(26-19)17-8-6-5-7-9-17/h5-15H,1-4H3,(H,25,29). The summed E-state index contributed by atoms with van der Waals surface area (Å²) in [6.07, 6.45) is -0.968. The van der Waals surface area contributed by atoms with Crippen LogP contribution in [0.2, 0.25) is 0 Å². The fourth-order valence-corrected chi connectivity index (χ4v) is 3.42. The highest BCUT2D eigenvalue weighted by Crippen LogP contribution is 2.24. The van der Waals surface area contributed by atoms with E-state index in [0.29, 0.717) is 16.3 Å². The average Bonchev–Trinajstić information content (AvgIpc) is 3.24.